The smallest absolute Gasteiger partial charge is 0.227 e. The number of alkyl halides is 1. The van der Waals surface area contributed by atoms with Gasteiger partial charge in [0.25, 0.3) is 0 Å². The summed E-state index contributed by atoms with van der Waals surface area (Å²) in [5.74, 6) is 1.07. The van der Waals surface area contributed by atoms with Crippen molar-refractivity contribution >= 4 is 23.2 Å². The van der Waals surface area contributed by atoms with E-state index in [0.717, 1.165) is 25.2 Å². The molecule has 2 aliphatic heterocycles. The number of halogens is 1. The molecule has 2 heterocycles. The maximum atomic E-state index is 12.0. The van der Waals surface area contributed by atoms with Gasteiger partial charge >= 0.3 is 0 Å². The highest BCUT2D eigenvalue weighted by atomic mass is 35.5. The zero-order valence-electron chi connectivity index (χ0n) is 12.4. The number of anilines is 1. The summed E-state index contributed by atoms with van der Waals surface area (Å²) in [6.07, 6.45) is 4.37. The number of hydrogen-bond acceptors (Lipinski definition) is 2. The van der Waals surface area contributed by atoms with Crippen LogP contribution in [0.15, 0.2) is 24.3 Å². The molecule has 21 heavy (non-hydrogen) atoms. The summed E-state index contributed by atoms with van der Waals surface area (Å²) in [6.45, 7) is 4.41. The highest BCUT2D eigenvalue weighted by Crippen LogP contribution is 2.26. The van der Waals surface area contributed by atoms with Crippen molar-refractivity contribution in [1.82, 2.24) is 4.90 Å². The SMILES string of the molecule is O=C1CC(CCl)CN1c1ccc(CCN2CCCC2)cc1. The molecule has 0 aliphatic carbocycles. The van der Waals surface area contributed by atoms with E-state index in [2.05, 4.69) is 29.2 Å². The topological polar surface area (TPSA) is 23.6 Å². The number of carbonyl (C=O) groups excluding carboxylic acids is 1. The molecule has 0 radical (unpaired) electrons. The third-order valence-corrected chi connectivity index (χ3v) is 5.02. The van der Waals surface area contributed by atoms with Gasteiger partial charge in [-0.25, -0.2) is 0 Å². The molecule has 114 valence electrons. The van der Waals surface area contributed by atoms with Gasteiger partial charge in [0, 0.05) is 31.1 Å². The molecule has 1 aromatic rings. The van der Waals surface area contributed by atoms with Crippen molar-refractivity contribution in [2.24, 2.45) is 5.92 Å². The summed E-state index contributed by atoms with van der Waals surface area (Å²) >= 11 is 5.87. The molecule has 2 saturated heterocycles. The molecular formula is C17H23ClN2O. The second kappa shape index (κ2) is 6.80. The first-order valence-corrected chi connectivity index (χ1v) is 8.47. The van der Waals surface area contributed by atoms with Crippen molar-refractivity contribution in [3.05, 3.63) is 29.8 Å². The van der Waals surface area contributed by atoms with Crippen LogP contribution in [-0.2, 0) is 11.2 Å². The first-order valence-electron chi connectivity index (χ1n) is 7.94. The molecule has 0 spiro atoms. The number of carbonyl (C=O) groups is 1. The molecule has 1 amide bonds. The van der Waals surface area contributed by atoms with E-state index < -0.39 is 0 Å². The lowest BCUT2D eigenvalue weighted by molar-refractivity contribution is -0.117. The van der Waals surface area contributed by atoms with Crippen LogP contribution in [0.3, 0.4) is 0 Å². The minimum absolute atomic E-state index is 0.200. The summed E-state index contributed by atoms with van der Waals surface area (Å²) in [4.78, 5) is 16.4. The Kier molecular flexibility index (Phi) is 4.81. The summed E-state index contributed by atoms with van der Waals surface area (Å²) < 4.78 is 0. The molecule has 0 aromatic heterocycles. The standard InChI is InChI=1S/C17H23ClN2O/c18-12-15-11-17(21)20(13-15)16-5-3-14(4-6-16)7-10-19-8-1-2-9-19/h3-6,15H,1-2,7-13H2. The van der Waals surface area contributed by atoms with Crippen molar-refractivity contribution in [3.8, 4) is 0 Å². The fourth-order valence-electron chi connectivity index (χ4n) is 3.27. The van der Waals surface area contributed by atoms with E-state index in [9.17, 15) is 4.79 Å². The van der Waals surface area contributed by atoms with Crippen LogP contribution in [0.1, 0.15) is 24.8 Å². The van der Waals surface area contributed by atoms with Crippen molar-refractivity contribution in [2.45, 2.75) is 25.7 Å². The van der Waals surface area contributed by atoms with E-state index in [4.69, 9.17) is 11.6 Å². The van der Waals surface area contributed by atoms with Gasteiger partial charge in [0.15, 0.2) is 0 Å². The largest absolute Gasteiger partial charge is 0.312 e. The van der Waals surface area contributed by atoms with E-state index in [1.54, 1.807) is 0 Å². The number of benzene rings is 1. The Morgan fingerprint density at radius 1 is 1.14 bits per heavy atom. The molecule has 1 unspecified atom stereocenters. The maximum absolute atomic E-state index is 12.0. The van der Waals surface area contributed by atoms with Gasteiger partial charge in [-0.05, 0) is 56.0 Å². The van der Waals surface area contributed by atoms with Gasteiger partial charge in [-0.3, -0.25) is 4.79 Å². The molecule has 2 fully saturated rings. The first kappa shape index (κ1) is 14.9. The Morgan fingerprint density at radius 2 is 1.86 bits per heavy atom. The minimum atomic E-state index is 0.200. The predicted molar refractivity (Wildman–Crippen MR) is 87.0 cm³/mol. The Bertz CT molecular complexity index is 482. The van der Waals surface area contributed by atoms with Gasteiger partial charge in [-0.2, -0.15) is 0 Å². The monoisotopic (exact) mass is 306 g/mol. The molecule has 1 aromatic carbocycles. The molecule has 2 aliphatic rings. The van der Waals surface area contributed by atoms with Gasteiger partial charge in [-0.15, -0.1) is 11.6 Å². The number of hydrogen-bond donors (Lipinski definition) is 0. The summed E-state index contributed by atoms with van der Waals surface area (Å²) in [5.41, 5.74) is 2.36. The van der Waals surface area contributed by atoms with Gasteiger partial charge < -0.3 is 9.80 Å². The lowest BCUT2D eigenvalue weighted by atomic mass is 10.1. The van der Waals surface area contributed by atoms with E-state index >= 15 is 0 Å². The highest BCUT2D eigenvalue weighted by Gasteiger charge is 2.29. The number of rotatable bonds is 5. The maximum Gasteiger partial charge on any atom is 0.227 e. The first-order chi connectivity index (χ1) is 10.3. The van der Waals surface area contributed by atoms with Crippen LogP contribution >= 0.6 is 11.6 Å². The Morgan fingerprint density at radius 3 is 2.48 bits per heavy atom. The van der Waals surface area contributed by atoms with Crippen LogP contribution < -0.4 is 4.90 Å². The fourth-order valence-corrected chi connectivity index (χ4v) is 3.48. The van der Waals surface area contributed by atoms with Crippen molar-refractivity contribution < 1.29 is 4.79 Å². The average molecular weight is 307 g/mol. The minimum Gasteiger partial charge on any atom is -0.312 e. The van der Waals surface area contributed by atoms with E-state index in [0.29, 0.717) is 18.2 Å². The van der Waals surface area contributed by atoms with Crippen LogP contribution in [0.2, 0.25) is 0 Å². The lowest BCUT2D eigenvalue weighted by Crippen LogP contribution is -2.24. The van der Waals surface area contributed by atoms with Crippen LogP contribution in [0.4, 0.5) is 5.69 Å². The predicted octanol–water partition coefficient (Wildman–Crippen LogP) is 2.92. The third kappa shape index (κ3) is 3.58. The van der Waals surface area contributed by atoms with Crippen LogP contribution in [0, 0.1) is 5.92 Å². The normalized spacial score (nSPS) is 23.2. The zero-order chi connectivity index (χ0) is 14.7. The summed E-state index contributed by atoms with van der Waals surface area (Å²) in [5, 5.41) is 0. The fraction of sp³-hybridized carbons (Fsp3) is 0.588. The van der Waals surface area contributed by atoms with Crippen molar-refractivity contribution in [2.75, 3.05) is 37.0 Å². The Labute approximate surface area is 131 Å². The van der Waals surface area contributed by atoms with Crippen molar-refractivity contribution in [1.29, 1.82) is 0 Å². The van der Waals surface area contributed by atoms with Crippen molar-refractivity contribution in [3.63, 3.8) is 0 Å². The second-order valence-corrected chi connectivity index (χ2v) is 6.50. The van der Waals surface area contributed by atoms with Crippen LogP contribution in [-0.4, -0.2) is 42.9 Å². The highest BCUT2D eigenvalue weighted by molar-refractivity contribution is 6.18. The number of likely N-dealkylation sites (tertiary alicyclic amines) is 1. The third-order valence-electron chi connectivity index (χ3n) is 4.59. The lowest BCUT2D eigenvalue weighted by Gasteiger charge is -2.18. The molecule has 1 atom stereocenters. The molecular weight excluding hydrogens is 284 g/mol. The van der Waals surface area contributed by atoms with E-state index in [1.165, 1.54) is 31.5 Å². The summed E-state index contributed by atoms with van der Waals surface area (Å²) in [7, 11) is 0. The van der Waals surface area contributed by atoms with E-state index in [1.807, 2.05) is 4.90 Å². The number of nitrogens with zero attached hydrogens (tertiary/aromatic N) is 2. The Balaban J connectivity index is 1.57. The molecule has 0 N–H and O–H groups in total. The zero-order valence-corrected chi connectivity index (χ0v) is 13.2. The second-order valence-electron chi connectivity index (χ2n) is 6.19. The number of amides is 1. The molecule has 3 rings (SSSR count). The van der Waals surface area contributed by atoms with Gasteiger partial charge in [-0.1, -0.05) is 12.1 Å². The molecule has 3 nitrogen and oxygen atoms in total. The van der Waals surface area contributed by atoms with Gasteiger partial charge in [0.2, 0.25) is 5.91 Å². The van der Waals surface area contributed by atoms with E-state index in [-0.39, 0.29) is 5.91 Å². The quantitative estimate of drug-likeness (QED) is 0.781. The molecule has 0 saturated carbocycles. The Hall–Kier alpha value is -1.06. The van der Waals surface area contributed by atoms with Crippen LogP contribution in [0.5, 0.6) is 0 Å². The van der Waals surface area contributed by atoms with Gasteiger partial charge in [0.1, 0.15) is 0 Å². The molecule has 4 heteroatoms. The summed E-state index contributed by atoms with van der Waals surface area (Å²) in [6, 6.07) is 8.47. The molecule has 0 bridgehead atoms. The van der Waals surface area contributed by atoms with Crippen LogP contribution in [0.25, 0.3) is 0 Å². The van der Waals surface area contributed by atoms with Gasteiger partial charge in [0.05, 0.1) is 0 Å². The average Bonchev–Trinajstić information content (AvgIpc) is 3.15.